The number of methoxy groups -OCH3 is 1. The number of nitrogen functional groups attached to an aromatic ring is 1. The van der Waals surface area contributed by atoms with Gasteiger partial charge < -0.3 is 10.5 Å². The van der Waals surface area contributed by atoms with E-state index in [1.54, 1.807) is 17.8 Å². The molecule has 0 bridgehead atoms. The Morgan fingerprint density at radius 3 is 2.89 bits per heavy atom. The predicted octanol–water partition coefficient (Wildman–Crippen LogP) is 1.45. The maximum absolute atomic E-state index is 12.4. The molecule has 0 radical (unpaired) electrons. The molecule has 0 saturated carbocycles. The van der Waals surface area contributed by atoms with Crippen molar-refractivity contribution in [2.45, 2.75) is 23.8 Å². The van der Waals surface area contributed by atoms with Crippen molar-refractivity contribution in [1.29, 1.82) is 0 Å². The first-order valence-corrected chi connectivity index (χ1v) is 8.70. The van der Waals surface area contributed by atoms with E-state index in [0.717, 1.165) is 24.3 Å². The lowest BCUT2D eigenvalue weighted by atomic mass is 10.2. The molecule has 1 aliphatic heterocycles. The summed E-state index contributed by atoms with van der Waals surface area (Å²) in [4.78, 5) is 0.139. The molecule has 1 atom stereocenters. The third-order valence-corrected chi connectivity index (χ3v) is 5.73. The summed E-state index contributed by atoms with van der Waals surface area (Å²) in [5.41, 5.74) is 6.11. The second kappa shape index (κ2) is 6.02. The average Bonchev–Trinajstić information content (AvgIpc) is 2.38. The van der Waals surface area contributed by atoms with Crippen LogP contribution in [0.15, 0.2) is 23.1 Å². The summed E-state index contributed by atoms with van der Waals surface area (Å²) in [6, 6.07) is 4.55. The molecule has 2 rings (SSSR count). The molecule has 7 heteroatoms. The van der Waals surface area contributed by atoms with Gasteiger partial charge in [0.15, 0.2) is 0 Å². The Balaban J connectivity index is 2.23. The molecule has 5 nitrogen and oxygen atoms in total. The molecule has 1 heterocycles. The van der Waals surface area contributed by atoms with E-state index in [0.29, 0.717) is 5.69 Å². The van der Waals surface area contributed by atoms with Gasteiger partial charge in [-0.25, -0.2) is 13.1 Å². The van der Waals surface area contributed by atoms with Crippen LogP contribution in [-0.2, 0) is 10.0 Å². The lowest BCUT2D eigenvalue weighted by Gasteiger charge is -2.22. The van der Waals surface area contributed by atoms with E-state index in [4.69, 9.17) is 10.5 Å². The molecule has 1 aromatic rings. The Bertz CT molecular complexity index is 540. The first kappa shape index (κ1) is 14.5. The molecular formula is C12H18N2O3S2. The summed E-state index contributed by atoms with van der Waals surface area (Å²) in [5, 5.41) is 0. The smallest absolute Gasteiger partial charge is 0.244 e. The number of hydrogen-bond donors (Lipinski definition) is 2. The van der Waals surface area contributed by atoms with Crippen LogP contribution in [0, 0.1) is 0 Å². The number of nitrogens with two attached hydrogens (primary N) is 1. The molecule has 0 amide bonds. The van der Waals surface area contributed by atoms with Crippen molar-refractivity contribution >= 4 is 27.5 Å². The second-order valence-corrected chi connectivity index (χ2v) is 7.28. The van der Waals surface area contributed by atoms with Crippen LogP contribution in [-0.4, -0.2) is 33.1 Å². The van der Waals surface area contributed by atoms with E-state index in [9.17, 15) is 8.42 Å². The number of rotatable bonds is 4. The SMILES string of the molecule is COc1cc(N)ccc1S(=O)(=O)NC1CCCSC1. The Labute approximate surface area is 118 Å². The predicted molar refractivity (Wildman–Crippen MR) is 78.1 cm³/mol. The Morgan fingerprint density at radius 1 is 1.47 bits per heavy atom. The van der Waals surface area contributed by atoms with Crippen LogP contribution in [0.3, 0.4) is 0 Å². The van der Waals surface area contributed by atoms with E-state index in [2.05, 4.69) is 4.72 Å². The average molecular weight is 302 g/mol. The molecule has 1 aliphatic rings. The van der Waals surface area contributed by atoms with Gasteiger partial charge in [0.1, 0.15) is 10.6 Å². The van der Waals surface area contributed by atoms with Gasteiger partial charge in [-0.15, -0.1) is 0 Å². The monoisotopic (exact) mass is 302 g/mol. The summed E-state index contributed by atoms with van der Waals surface area (Å²) in [7, 11) is -2.13. The number of anilines is 1. The van der Waals surface area contributed by atoms with Gasteiger partial charge in [0.05, 0.1) is 7.11 Å². The third-order valence-electron chi connectivity index (χ3n) is 2.96. The molecule has 0 aliphatic carbocycles. The minimum absolute atomic E-state index is 0.00832. The van der Waals surface area contributed by atoms with E-state index in [1.165, 1.54) is 19.2 Å². The highest BCUT2D eigenvalue weighted by atomic mass is 32.2. The highest BCUT2D eigenvalue weighted by Gasteiger charge is 2.24. The fourth-order valence-corrected chi connectivity index (χ4v) is 4.62. The first-order chi connectivity index (χ1) is 9.03. The highest BCUT2D eigenvalue weighted by Crippen LogP contribution is 2.27. The van der Waals surface area contributed by atoms with Crippen LogP contribution in [0.1, 0.15) is 12.8 Å². The summed E-state index contributed by atoms with van der Waals surface area (Å²) < 4.78 is 32.5. The molecule has 1 saturated heterocycles. The Kier molecular flexibility index (Phi) is 4.59. The quantitative estimate of drug-likeness (QED) is 0.823. The summed E-state index contributed by atoms with van der Waals surface area (Å²) >= 11 is 1.77. The number of hydrogen-bond acceptors (Lipinski definition) is 5. The Morgan fingerprint density at radius 2 is 2.26 bits per heavy atom. The molecule has 3 N–H and O–H groups in total. The van der Waals surface area contributed by atoms with Crippen LogP contribution in [0.4, 0.5) is 5.69 Å². The van der Waals surface area contributed by atoms with Crippen molar-refractivity contribution < 1.29 is 13.2 Å². The van der Waals surface area contributed by atoms with Crippen molar-refractivity contribution in [3.63, 3.8) is 0 Å². The van der Waals surface area contributed by atoms with Crippen LogP contribution in [0.5, 0.6) is 5.75 Å². The highest BCUT2D eigenvalue weighted by molar-refractivity contribution is 7.99. The van der Waals surface area contributed by atoms with Gasteiger partial charge in [0.25, 0.3) is 0 Å². The fraction of sp³-hybridized carbons (Fsp3) is 0.500. The zero-order chi connectivity index (χ0) is 13.9. The third kappa shape index (κ3) is 3.55. The van der Waals surface area contributed by atoms with Gasteiger partial charge in [-0.2, -0.15) is 11.8 Å². The van der Waals surface area contributed by atoms with Crippen molar-refractivity contribution in [3.05, 3.63) is 18.2 Å². The van der Waals surface area contributed by atoms with Crippen molar-refractivity contribution in [2.24, 2.45) is 0 Å². The normalized spacial score (nSPS) is 20.2. The maximum Gasteiger partial charge on any atom is 0.244 e. The molecule has 0 spiro atoms. The molecule has 1 fully saturated rings. The fourth-order valence-electron chi connectivity index (χ4n) is 2.02. The number of ether oxygens (including phenoxy) is 1. The van der Waals surface area contributed by atoms with Crippen molar-refractivity contribution in [1.82, 2.24) is 4.72 Å². The lowest BCUT2D eigenvalue weighted by Crippen LogP contribution is -2.38. The molecular weight excluding hydrogens is 284 g/mol. The van der Waals surface area contributed by atoms with Crippen LogP contribution in [0.25, 0.3) is 0 Å². The van der Waals surface area contributed by atoms with Crippen molar-refractivity contribution in [3.8, 4) is 5.75 Å². The van der Waals surface area contributed by atoms with Crippen LogP contribution in [0.2, 0.25) is 0 Å². The number of thioether (sulfide) groups is 1. The van der Waals surface area contributed by atoms with Gasteiger partial charge in [0, 0.05) is 23.5 Å². The van der Waals surface area contributed by atoms with Crippen LogP contribution < -0.4 is 15.2 Å². The van der Waals surface area contributed by atoms with E-state index < -0.39 is 10.0 Å². The van der Waals surface area contributed by atoms with Gasteiger partial charge in [-0.05, 0) is 30.7 Å². The molecule has 1 unspecified atom stereocenters. The number of benzene rings is 1. The summed E-state index contributed by atoms with van der Waals surface area (Å²) in [5.74, 6) is 2.19. The minimum Gasteiger partial charge on any atom is -0.495 e. The number of nitrogens with one attached hydrogen (secondary N) is 1. The summed E-state index contributed by atoms with van der Waals surface area (Å²) in [6.07, 6.45) is 1.92. The van der Waals surface area contributed by atoms with Gasteiger partial charge in [-0.1, -0.05) is 0 Å². The van der Waals surface area contributed by atoms with E-state index >= 15 is 0 Å². The largest absolute Gasteiger partial charge is 0.495 e. The second-order valence-electron chi connectivity index (χ2n) is 4.45. The first-order valence-electron chi connectivity index (χ1n) is 6.06. The molecule has 19 heavy (non-hydrogen) atoms. The molecule has 106 valence electrons. The van der Waals surface area contributed by atoms with Crippen molar-refractivity contribution in [2.75, 3.05) is 24.3 Å². The maximum atomic E-state index is 12.4. The minimum atomic E-state index is -3.56. The zero-order valence-electron chi connectivity index (χ0n) is 10.8. The summed E-state index contributed by atoms with van der Waals surface area (Å²) in [6.45, 7) is 0. The topological polar surface area (TPSA) is 81.4 Å². The molecule has 1 aromatic carbocycles. The van der Waals surface area contributed by atoms with Gasteiger partial charge in [0.2, 0.25) is 10.0 Å². The Hall–Kier alpha value is -0.920. The standard InChI is InChI=1S/C12H18N2O3S2/c1-17-11-7-9(13)4-5-12(11)19(15,16)14-10-3-2-6-18-8-10/h4-5,7,10,14H,2-3,6,8,13H2,1H3. The van der Waals surface area contributed by atoms with Gasteiger partial charge in [-0.3, -0.25) is 0 Å². The number of sulfonamides is 1. The molecule has 0 aromatic heterocycles. The van der Waals surface area contributed by atoms with E-state index in [1.807, 2.05) is 0 Å². The van der Waals surface area contributed by atoms with E-state index in [-0.39, 0.29) is 16.7 Å². The van der Waals surface area contributed by atoms with Gasteiger partial charge >= 0.3 is 0 Å². The zero-order valence-corrected chi connectivity index (χ0v) is 12.4. The van der Waals surface area contributed by atoms with Crippen LogP contribution >= 0.6 is 11.8 Å². The lowest BCUT2D eigenvalue weighted by molar-refractivity contribution is 0.402.